The van der Waals surface area contributed by atoms with Gasteiger partial charge in [0.1, 0.15) is 6.61 Å². The molecule has 2 N–H and O–H groups in total. The molecule has 0 atom stereocenters. The predicted molar refractivity (Wildman–Crippen MR) is 108 cm³/mol. The molecule has 0 spiro atoms. The molecule has 0 radical (unpaired) electrons. The number of aromatic nitrogens is 1. The number of carbonyl (C=O) groups excluding carboxylic acids is 1. The minimum Gasteiger partial charge on any atom is -0.476 e. The van der Waals surface area contributed by atoms with Gasteiger partial charge < -0.3 is 20.3 Å². The molecule has 1 saturated carbocycles. The molecular formula is C20H30F3N5O2. The van der Waals surface area contributed by atoms with E-state index in [1.807, 2.05) is 6.92 Å². The van der Waals surface area contributed by atoms with E-state index in [0.29, 0.717) is 25.6 Å². The fraction of sp³-hybridized carbons (Fsp3) is 0.650. The third-order valence-electron chi connectivity index (χ3n) is 5.01. The second-order valence-electron chi connectivity index (χ2n) is 7.54. The number of nitrogens with one attached hydrogen (secondary N) is 2. The lowest BCUT2D eigenvalue weighted by molar-refractivity contribution is -0.139. The Balaban J connectivity index is 1.88. The number of rotatable bonds is 8. The Morgan fingerprint density at radius 1 is 1.27 bits per heavy atom. The summed E-state index contributed by atoms with van der Waals surface area (Å²) in [6, 6.07) is 2.13. The van der Waals surface area contributed by atoms with Crippen LogP contribution in [-0.4, -0.2) is 62.1 Å². The summed E-state index contributed by atoms with van der Waals surface area (Å²) in [6.07, 6.45) is 0.0251. The summed E-state index contributed by atoms with van der Waals surface area (Å²) in [4.78, 5) is 22.6. The van der Waals surface area contributed by atoms with E-state index in [9.17, 15) is 18.0 Å². The highest BCUT2D eigenvalue weighted by Gasteiger charge is 2.42. The summed E-state index contributed by atoms with van der Waals surface area (Å²) in [5, 5.41) is 6.25. The first-order valence-corrected chi connectivity index (χ1v) is 10.1. The molecule has 1 aromatic rings. The van der Waals surface area contributed by atoms with E-state index < -0.39 is 17.2 Å². The number of nitrogens with zero attached hydrogens (tertiary/aromatic N) is 3. The van der Waals surface area contributed by atoms with Gasteiger partial charge in [0.2, 0.25) is 11.8 Å². The van der Waals surface area contributed by atoms with Gasteiger partial charge in [-0.2, -0.15) is 13.2 Å². The highest BCUT2D eigenvalue weighted by Crippen LogP contribution is 2.39. The van der Waals surface area contributed by atoms with Crippen LogP contribution in [0.15, 0.2) is 23.3 Å². The molecule has 0 bridgehead atoms. The van der Waals surface area contributed by atoms with E-state index >= 15 is 0 Å². The maximum atomic E-state index is 12.7. The molecule has 30 heavy (non-hydrogen) atoms. The number of pyridine rings is 1. The SMILES string of the molecule is CCNC(=NCC1(C(=O)N(C)C)CCCC1)NCCOc1ccc(C(F)(F)F)cn1. The normalized spacial score (nSPS) is 16.3. The number of halogens is 3. The highest BCUT2D eigenvalue weighted by molar-refractivity contribution is 5.84. The Labute approximate surface area is 175 Å². The van der Waals surface area contributed by atoms with Crippen LogP contribution in [0.5, 0.6) is 5.88 Å². The van der Waals surface area contributed by atoms with Crippen LogP contribution < -0.4 is 15.4 Å². The Morgan fingerprint density at radius 2 is 1.97 bits per heavy atom. The van der Waals surface area contributed by atoms with E-state index in [0.717, 1.165) is 37.9 Å². The van der Waals surface area contributed by atoms with Crippen LogP contribution in [0.25, 0.3) is 0 Å². The van der Waals surface area contributed by atoms with Gasteiger partial charge in [-0.25, -0.2) is 4.98 Å². The lowest BCUT2D eigenvalue weighted by atomic mass is 9.85. The molecule has 1 aromatic heterocycles. The summed E-state index contributed by atoms with van der Waals surface area (Å²) in [6.45, 7) is 3.58. The summed E-state index contributed by atoms with van der Waals surface area (Å²) >= 11 is 0. The van der Waals surface area contributed by atoms with E-state index in [2.05, 4.69) is 20.6 Å². The zero-order chi connectivity index (χ0) is 22.2. The van der Waals surface area contributed by atoms with Crippen molar-refractivity contribution in [1.29, 1.82) is 0 Å². The van der Waals surface area contributed by atoms with Crippen molar-refractivity contribution >= 4 is 11.9 Å². The average molecular weight is 429 g/mol. The molecule has 10 heteroatoms. The zero-order valence-corrected chi connectivity index (χ0v) is 17.7. The summed E-state index contributed by atoms with van der Waals surface area (Å²) in [5.74, 6) is 0.795. The first-order valence-electron chi connectivity index (χ1n) is 10.1. The number of guanidine groups is 1. The van der Waals surface area contributed by atoms with Crippen LogP contribution in [0.4, 0.5) is 13.2 Å². The lowest BCUT2D eigenvalue weighted by Gasteiger charge is -2.29. The molecule has 1 aliphatic rings. The molecule has 1 fully saturated rings. The molecule has 0 aliphatic heterocycles. The number of amides is 1. The van der Waals surface area contributed by atoms with Crippen LogP contribution in [0.3, 0.4) is 0 Å². The number of carbonyl (C=O) groups is 1. The Hall–Kier alpha value is -2.52. The molecule has 0 unspecified atom stereocenters. The molecular weight excluding hydrogens is 399 g/mol. The molecule has 0 saturated heterocycles. The second kappa shape index (κ2) is 10.5. The molecule has 1 aliphatic carbocycles. The fourth-order valence-corrected chi connectivity index (χ4v) is 3.50. The number of hydrogen-bond acceptors (Lipinski definition) is 4. The maximum absolute atomic E-state index is 12.7. The number of aliphatic imine (C=N–C) groups is 1. The van der Waals surface area contributed by atoms with Crippen LogP contribution in [0.1, 0.15) is 38.2 Å². The smallest absolute Gasteiger partial charge is 0.417 e. The van der Waals surface area contributed by atoms with E-state index in [1.165, 1.54) is 6.07 Å². The first-order chi connectivity index (χ1) is 14.2. The predicted octanol–water partition coefficient (Wildman–Crippen LogP) is 2.68. The largest absolute Gasteiger partial charge is 0.476 e. The van der Waals surface area contributed by atoms with Gasteiger partial charge in [-0.1, -0.05) is 12.8 Å². The molecule has 0 aromatic carbocycles. The van der Waals surface area contributed by atoms with Gasteiger partial charge in [0.15, 0.2) is 5.96 Å². The topological polar surface area (TPSA) is 78.9 Å². The first kappa shape index (κ1) is 23.8. The second-order valence-corrected chi connectivity index (χ2v) is 7.54. The van der Waals surface area contributed by atoms with Crippen molar-refractivity contribution in [3.05, 3.63) is 23.9 Å². The fourth-order valence-electron chi connectivity index (χ4n) is 3.50. The highest BCUT2D eigenvalue weighted by atomic mass is 19.4. The van der Waals surface area contributed by atoms with Crippen LogP contribution in [0, 0.1) is 5.41 Å². The van der Waals surface area contributed by atoms with Gasteiger partial charge in [0.05, 0.1) is 24.1 Å². The zero-order valence-electron chi connectivity index (χ0n) is 17.7. The molecule has 2 rings (SSSR count). The van der Waals surface area contributed by atoms with Gasteiger partial charge in [-0.15, -0.1) is 0 Å². The standard InChI is InChI=1S/C20H30F3N5O2/c1-4-24-18(27-14-19(9-5-6-10-19)17(29)28(2)3)25-11-12-30-16-8-7-15(13-26-16)20(21,22)23/h7-8,13H,4-6,9-12,14H2,1-3H3,(H2,24,25,27). The molecule has 168 valence electrons. The number of hydrogen-bond donors (Lipinski definition) is 2. The van der Waals surface area contributed by atoms with Crippen molar-refractivity contribution in [3.63, 3.8) is 0 Å². The van der Waals surface area contributed by atoms with Crippen molar-refractivity contribution in [2.75, 3.05) is 40.3 Å². The van der Waals surface area contributed by atoms with Crippen molar-refractivity contribution in [1.82, 2.24) is 20.5 Å². The van der Waals surface area contributed by atoms with E-state index in [-0.39, 0.29) is 18.4 Å². The third-order valence-corrected chi connectivity index (χ3v) is 5.01. The van der Waals surface area contributed by atoms with Crippen LogP contribution in [-0.2, 0) is 11.0 Å². The maximum Gasteiger partial charge on any atom is 0.417 e. The summed E-state index contributed by atoms with van der Waals surface area (Å²) in [7, 11) is 3.53. The van der Waals surface area contributed by atoms with Gasteiger partial charge in [-0.3, -0.25) is 9.79 Å². The molecule has 7 nitrogen and oxygen atoms in total. The van der Waals surface area contributed by atoms with Gasteiger partial charge in [0, 0.05) is 32.9 Å². The average Bonchev–Trinajstić information content (AvgIpc) is 3.18. The summed E-state index contributed by atoms with van der Waals surface area (Å²) < 4.78 is 43.1. The number of ether oxygens (including phenoxy) is 1. The number of alkyl halides is 3. The third kappa shape index (κ3) is 6.50. The Kier molecular flexibility index (Phi) is 8.31. The van der Waals surface area contributed by atoms with Crippen molar-refractivity contribution < 1.29 is 22.7 Å². The van der Waals surface area contributed by atoms with Gasteiger partial charge in [0.25, 0.3) is 0 Å². The monoisotopic (exact) mass is 429 g/mol. The Bertz CT molecular complexity index is 714. The minimum atomic E-state index is -4.42. The molecule has 1 amide bonds. The lowest BCUT2D eigenvalue weighted by Crippen LogP contribution is -2.43. The van der Waals surface area contributed by atoms with Crippen molar-refractivity contribution in [3.8, 4) is 5.88 Å². The van der Waals surface area contributed by atoms with Gasteiger partial charge in [-0.05, 0) is 25.8 Å². The van der Waals surface area contributed by atoms with E-state index in [1.54, 1.807) is 19.0 Å². The van der Waals surface area contributed by atoms with Crippen molar-refractivity contribution in [2.45, 2.75) is 38.8 Å². The minimum absolute atomic E-state index is 0.108. The quantitative estimate of drug-likeness (QED) is 0.377. The van der Waals surface area contributed by atoms with Crippen LogP contribution in [0.2, 0.25) is 0 Å². The van der Waals surface area contributed by atoms with E-state index in [4.69, 9.17) is 4.74 Å². The van der Waals surface area contributed by atoms with Crippen molar-refractivity contribution in [2.24, 2.45) is 10.4 Å². The molecule has 1 heterocycles. The van der Waals surface area contributed by atoms with Gasteiger partial charge >= 0.3 is 6.18 Å². The summed E-state index contributed by atoms with van der Waals surface area (Å²) in [5.41, 5.74) is -1.27. The Morgan fingerprint density at radius 3 is 2.50 bits per heavy atom. The van der Waals surface area contributed by atoms with Crippen LogP contribution >= 0.6 is 0 Å².